The number of piperidine rings is 1. The molecule has 0 radical (unpaired) electrons. The molecule has 3 rings (SSSR count). The third-order valence-corrected chi connectivity index (χ3v) is 5.74. The van der Waals surface area contributed by atoms with Crippen molar-refractivity contribution in [3.05, 3.63) is 29.8 Å². The van der Waals surface area contributed by atoms with E-state index in [4.69, 9.17) is 4.74 Å². The molecule has 0 aliphatic carbocycles. The van der Waals surface area contributed by atoms with Crippen molar-refractivity contribution in [1.82, 2.24) is 9.80 Å². The number of anilines is 1. The molecule has 0 saturated carbocycles. The number of amides is 2. The standard InChI is InChI=1S/C21H33N3O2/c1-17-7-6-8-18(15-17)22-21(25)24-12-5-3-4-9-19(24)16-23-13-10-20(26-2)11-14-23/h6-8,15,19-20H,3-5,9-14,16H2,1-2H3,(H,22,25). The number of likely N-dealkylation sites (tertiary alicyclic amines) is 2. The highest BCUT2D eigenvalue weighted by molar-refractivity contribution is 5.89. The molecular formula is C21H33N3O2. The van der Waals surface area contributed by atoms with Crippen molar-refractivity contribution in [2.45, 2.75) is 57.6 Å². The van der Waals surface area contributed by atoms with Crippen molar-refractivity contribution in [3.8, 4) is 0 Å². The fourth-order valence-corrected chi connectivity index (χ4v) is 4.18. The van der Waals surface area contributed by atoms with Crippen LogP contribution in [0, 0.1) is 6.92 Å². The average molecular weight is 360 g/mol. The lowest BCUT2D eigenvalue weighted by Crippen LogP contribution is -2.50. The molecule has 2 heterocycles. The quantitative estimate of drug-likeness (QED) is 0.887. The lowest BCUT2D eigenvalue weighted by atomic mass is 10.0. The van der Waals surface area contributed by atoms with E-state index >= 15 is 0 Å². The van der Waals surface area contributed by atoms with Gasteiger partial charge in [0.15, 0.2) is 0 Å². The highest BCUT2D eigenvalue weighted by Gasteiger charge is 2.29. The van der Waals surface area contributed by atoms with Gasteiger partial charge < -0.3 is 19.9 Å². The number of ether oxygens (including phenoxy) is 1. The van der Waals surface area contributed by atoms with E-state index in [1.165, 1.54) is 12.8 Å². The molecular weight excluding hydrogens is 326 g/mol. The van der Waals surface area contributed by atoms with Gasteiger partial charge in [0, 0.05) is 45.0 Å². The number of carbonyl (C=O) groups is 1. The van der Waals surface area contributed by atoms with Crippen LogP contribution in [0.15, 0.2) is 24.3 Å². The number of urea groups is 1. The fourth-order valence-electron chi connectivity index (χ4n) is 4.18. The Morgan fingerprint density at radius 2 is 1.96 bits per heavy atom. The fraction of sp³-hybridized carbons (Fsp3) is 0.667. The Morgan fingerprint density at radius 1 is 1.15 bits per heavy atom. The third-order valence-electron chi connectivity index (χ3n) is 5.74. The topological polar surface area (TPSA) is 44.8 Å². The molecule has 2 fully saturated rings. The van der Waals surface area contributed by atoms with Gasteiger partial charge in [0.25, 0.3) is 0 Å². The van der Waals surface area contributed by atoms with Gasteiger partial charge in [-0.2, -0.15) is 0 Å². The van der Waals surface area contributed by atoms with Gasteiger partial charge in [-0.15, -0.1) is 0 Å². The summed E-state index contributed by atoms with van der Waals surface area (Å²) in [5.74, 6) is 0. The highest BCUT2D eigenvalue weighted by atomic mass is 16.5. The molecule has 0 aromatic heterocycles. The second kappa shape index (κ2) is 9.38. The number of methoxy groups -OCH3 is 1. The van der Waals surface area contributed by atoms with E-state index in [2.05, 4.69) is 15.1 Å². The number of rotatable bonds is 4. The van der Waals surface area contributed by atoms with Gasteiger partial charge in [-0.05, 0) is 50.3 Å². The largest absolute Gasteiger partial charge is 0.381 e. The van der Waals surface area contributed by atoms with E-state index in [-0.39, 0.29) is 6.03 Å². The number of hydrogen-bond acceptors (Lipinski definition) is 3. The Hall–Kier alpha value is -1.59. The van der Waals surface area contributed by atoms with Crippen LogP contribution in [-0.4, -0.2) is 61.3 Å². The van der Waals surface area contributed by atoms with Crippen molar-refractivity contribution in [2.24, 2.45) is 0 Å². The molecule has 5 nitrogen and oxygen atoms in total. The number of carbonyl (C=O) groups excluding carboxylic acids is 1. The first kappa shape index (κ1) is 19.2. The molecule has 0 spiro atoms. The molecule has 5 heteroatoms. The summed E-state index contributed by atoms with van der Waals surface area (Å²) >= 11 is 0. The Bertz CT molecular complexity index is 584. The molecule has 1 N–H and O–H groups in total. The van der Waals surface area contributed by atoms with Crippen molar-refractivity contribution in [3.63, 3.8) is 0 Å². The summed E-state index contributed by atoms with van der Waals surface area (Å²) in [6.07, 6.45) is 7.23. The van der Waals surface area contributed by atoms with Crippen LogP contribution in [0.1, 0.15) is 44.1 Å². The molecule has 2 amide bonds. The number of benzene rings is 1. The maximum absolute atomic E-state index is 13.0. The van der Waals surface area contributed by atoms with Gasteiger partial charge in [0.05, 0.1) is 6.10 Å². The predicted molar refractivity (Wildman–Crippen MR) is 106 cm³/mol. The van der Waals surface area contributed by atoms with E-state index in [9.17, 15) is 4.79 Å². The normalized spacial score (nSPS) is 22.8. The van der Waals surface area contributed by atoms with Crippen LogP contribution in [0.5, 0.6) is 0 Å². The minimum Gasteiger partial charge on any atom is -0.381 e. The van der Waals surface area contributed by atoms with Crippen LogP contribution in [-0.2, 0) is 4.74 Å². The van der Waals surface area contributed by atoms with Gasteiger partial charge in [-0.25, -0.2) is 4.79 Å². The van der Waals surface area contributed by atoms with Crippen LogP contribution >= 0.6 is 0 Å². The van der Waals surface area contributed by atoms with Crippen LogP contribution in [0.25, 0.3) is 0 Å². The molecule has 1 atom stereocenters. The summed E-state index contributed by atoms with van der Waals surface area (Å²) in [6.45, 7) is 6.03. The van der Waals surface area contributed by atoms with Crippen molar-refractivity contribution >= 4 is 11.7 Å². The van der Waals surface area contributed by atoms with Crippen LogP contribution in [0.3, 0.4) is 0 Å². The highest BCUT2D eigenvalue weighted by Crippen LogP contribution is 2.22. The van der Waals surface area contributed by atoms with Gasteiger partial charge >= 0.3 is 6.03 Å². The van der Waals surface area contributed by atoms with Crippen LogP contribution in [0.4, 0.5) is 10.5 Å². The SMILES string of the molecule is COC1CCN(CC2CCCCCN2C(=O)Nc2cccc(C)c2)CC1. The monoisotopic (exact) mass is 359 g/mol. The zero-order valence-electron chi connectivity index (χ0n) is 16.2. The van der Waals surface area contributed by atoms with Crippen molar-refractivity contribution in [2.75, 3.05) is 38.6 Å². The van der Waals surface area contributed by atoms with E-state index in [0.29, 0.717) is 12.1 Å². The molecule has 0 bridgehead atoms. The van der Waals surface area contributed by atoms with E-state index in [1.807, 2.05) is 38.3 Å². The lowest BCUT2D eigenvalue weighted by Gasteiger charge is -2.37. The molecule has 144 valence electrons. The van der Waals surface area contributed by atoms with E-state index in [1.54, 1.807) is 0 Å². The molecule has 2 aliphatic heterocycles. The molecule has 2 saturated heterocycles. The molecule has 1 unspecified atom stereocenters. The average Bonchev–Trinajstić information content (AvgIpc) is 2.88. The molecule has 2 aliphatic rings. The maximum atomic E-state index is 13.0. The van der Waals surface area contributed by atoms with Gasteiger partial charge in [-0.3, -0.25) is 0 Å². The second-order valence-corrected chi connectivity index (χ2v) is 7.73. The van der Waals surface area contributed by atoms with E-state index in [0.717, 1.165) is 63.1 Å². The predicted octanol–water partition coefficient (Wildman–Crippen LogP) is 3.88. The Kier molecular flexibility index (Phi) is 6.92. The molecule has 1 aromatic rings. The van der Waals surface area contributed by atoms with Gasteiger partial charge in [-0.1, -0.05) is 25.0 Å². The first-order valence-corrected chi connectivity index (χ1v) is 10.0. The van der Waals surface area contributed by atoms with Crippen molar-refractivity contribution in [1.29, 1.82) is 0 Å². The lowest BCUT2D eigenvalue weighted by molar-refractivity contribution is 0.0336. The summed E-state index contributed by atoms with van der Waals surface area (Å²) in [5, 5.41) is 3.11. The zero-order valence-corrected chi connectivity index (χ0v) is 16.2. The van der Waals surface area contributed by atoms with Gasteiger partial charge in [0.2, 0.25) is 0 Å². The summed E-state index contributed by atoms with van der Waals surface area (Å²) in [5.41, 5.74) is 2.05. The summed E-state index contributed by atoms with van der Waals surface area (Å²) in [7, 11) is 1.81. The summed E-state index contributed by atoms with van der Waals surface area (Å²) in [4.78, 5) is 17.6. The first-order chi connectivity index (χ1) is 12.7. The zero-order chi connectivity index (χ0) is 18.4. The Labute approximate surface area is 157 Å². The summed E-state index contributed by atoms with van der Waals surface area (Å²) < 4.78 is 5.48. The Balaban J connectivity index is 1.61. The van der Waals surface area contributed by atoms with Gasteiger partial charge in [0.1, 0.15) is 0 Å². The smallest absolute Gasteiger partial charge is 0.322 e. The van der Waals surface area contributed by atoms with E-state index < -0.39 is 0 Å². The third kappa shape index (κ3) is 5.21. The number of nitrogens with zero attached hydrogens (tertiary/aromatic N) is 2. The Morgan fingerprint density at radius 3 is 2.69 bits per heavy atom. The molecule has 1 aromatic carbocycles. The minimum absolute atomic E-state index is 0.0503. The minimum atomic E-state index is 0.0503. The number of hydrogen-bond donors (Lipinski definition) is 1. The van der Waals surface area contributed by atoms with Crippen LogP contribution in [0.2, 0.25) is 0 Å². The number of nitrogens with one attached hydrogen (secondary N) is 1. The summed E-state index contributed by atoms with van der Waals surface area (Å²) in [6, 6.07) is 8.39. The first-order valence-electron chi connectivity index (χ1n) is 10.0. The van der Waals surface area contributed by atoms with Crippen LogP contribution < -0.4 is 5.32 Å². The molecule has 26 heavy (non-hydrogen) atoms. The maximum Gasteiger partial charge on any atom is 0.322 e. The second-order valence-electron chi connectivity index (χ2n) is 7.73. The number of aryl methyl sites for hydroxylation is 1. The van der Waals surface area contributed by atoms with Crippen molar-refractivity contribution < 1.29 is 9.53 Å².